The molecule has 11 heteroatoms. The molecule has 0 aromatic carbocycles. The molecule has 1 aliphatic heterocycles. The second kappa shape index (κ2) is 9.07. The van der Waals surface area contributed by atoms with Crippen molar-refractivity contribution < 1.29 is 19.8 Å². The van der Waals surface area contributed by atoms with Gasteiger partial charge in [0, 0.05) is 13.0 Å². The Morgan fingerprint density at radius 1 is 1.29 bits per heavy atom. The second-order valence-corrected chi connectivity index (χ2v) is 7.07. The first kappa shape index (κ1) is 20.8. The van der Waals surface area contributed by atoms with Crippen LogP contribution in [0.2, 0.25) is 0 Å². The van der Waals surface area contributed by atoms with E-state index in [0.29, 0.717) is 36.6 Å². The summed E-state index contributed by atoms with van der Waals surface area (Å²) in [4.78, 5) is 19.3. The predicted octanol–water partition coefficient (Wildman–Crippen LogP) is -0.808. The van der Waals surface area contributed by atoms with Crippen molar-refractivity contribution in [3.63, 3.8) is 0 Å². The highest BCUT2D eigenvalue weighted by Gasteiger charge is 2.45. The molecule has 3 rings (SSSR count). The number of aryl methyl sites for hydroxylation is 1. The number of nitrogen functional groups attached to an aromatic ring is 1. The molecule has 0 aliphatic carbocycles. The van der Waals surface area contributed by atoms with Gasteiger partial charge in [-0.2, -0.15) is 0 Å². The number of rotatable bonds is 9. The summed E-state index contributed by atoms with van der Waals surface area (Å²) in [5.74, 6) is 5.96. The first-order valence-electron chi connectivity index (χ1n) is 9.47. The number of nitrogens with two attached hydrogens (primary N) is 2. The number of aromatic nitrogens is 4. The molecule has 11 nitrogen and oxygen atoms in total. The molecule has 0 radical (unpaired) electrons. The van der Waals surface area contributed by atoms with Gasteiger partial charge in [-0.1, -0.05) is 6.92 Å². The van der Waals surface area contributed by atoms with E-state index in [1.54, 1.807) is 4.57 Å². The Morgan fingerprint density at radius 3 is 2.79 bits per heavy atom. The maximum atomic E-state index is 10.7. The van der Waals surface area contributed by atoms with E-state index in [4.69, 9.17) is 16.4 Å². The van der Waals surface area contributed by atoms with E-state index in [2.05, 4.69) is 19.8 Å². The Morgan fingerprint density at radius 2 is 2.07 bits per heavy atom. The minimum absolute atomic E-state index is 0.268. The summed E-state index contributed by atoms with van der Waals surface area (Å²) < 4.78 is 7.76. The van der Waals surface area contributed by atoms with Gasteiger partial charge in [-0.3, -0.25) is 4.57 Å². The smallest absolute Gasteiger partial charge is 0.167 e. The van der Waals surface area contributed by atoms with Gasteiger partial charge in [0.2, 0.25) is 0 Å². The van der Waals surface area contributed by atoms with Gasteiger partial charge in [0.1, 0.15) is 30.5 Å². The predicted molar refractivity (Wildman–Crippen MR) is 102 cm³/mol. The zero-order valence-corrected chi connectivity index (χ0v) is 16.2. The summed E-state index contributed by atoms with van der Waals surface area (Å²) in [6, 6.07) is 0. The first-order valence-corrected chi connectivity index (χ1v) is 9.47. The molecule has 0 saturated carbocycles. The van der Waals surface area contributed by atoms with Gasteiger partial charge in [0.05, 0.1) is 6.61 Å². The van der Waals surface area contributed by atoms with Gasteiger partial charge >= 0.3 is 0 Å². The van der Waals surface area contributed by atoms with Crippen LogP contribution in [-0.2, 0) is 16.0 Å². The first-order chi connectivity index (χ1) is 13.5. The lowest BCUT2D eigenvalue weighted by molar-refractivity contribution is -0.0435. The van der Waals surface area contributed by atoms with Crippen LogP contribution in [0.25, 0.3) is 11.2 Å². The fourth-order valence-corrected chi connectivity index (χ4v) is 3.55. The van der Waals surface area contributed by atoms with Crippen molar-refractivity contribution in [2.45, 2.75) is 50.7 Å². The van der Waals surface area contributed by atoms with Crippen molar-refractivity contribution in [3.8, 4) is 0 Å². The highest BCUT2D eigenvalue weighted by Crippen LogP contribution is 2.34. The Kier molecular flexibility index (Phi) is 6.75. The van der Waals surface area contributed by atoms with Crippen molar-refractivity contribution in [2.75, 3.05) is 32.5 Å². The summed E-state index contributed by atoms with van der Waals surface area (Å²) in [5, 5.41) is 21.2. The SMILES string of the molecule is CCc1nc2c(N)ncnc2n1[C@@H]1O[C@H](CN(C)CCCCON)[C@@H](O)[C@H]1O. The molecule has 28 heavy (non-hydrogen) atoms. The molecule has 1 saturated heterocycles. The van der Waals surface area contributed by atoms with Crippen LogP contribution in [-0.4, -0.2) is 79.7 Å². The third-order valence-electron chi connectivity index (χ3n) is 5.03. The van der Waals surface area contributed by atoms with Crippen molar-refractivity contribution in [3.05, 3.63) is 12.2 Å². The zero-order chi connectivity index (χ0) is 20.3. The minimum Gasteiger partial charge on any atom is -0.387 e. The number of hydrogen-bond acceptors (Lipinski definition) is 10. The molecule has 1 fully saturated rings. The maximum Gasteiger partial charge on any atom is 0.167 e. The average Bonchev–Trinajstić information content (AvgIpc) is 3.18. The largest absolute Gasteiger partial charge is 0.387 e. The Bertz CT molecular complexity index is 786. The number of aliphatic hydroxyl groups is 2. The van der Waals surface area contributed by atoms with Gasteiger partial charge < -0.3 is 30.4 Å². The summed E-state index contributed by atoms with van der Waals surface area (Å²) in [7, 11) is 1.94. The van der Waals surface area contributed by atoms with E-state index in [-0.39, 0.29) is 5.82 Å². The lowest BCUT2D eigenvalue weighted by Crippen LogP contribution is -2.39. The number of imidazole rings is 1. The number of hydrogen-bond donors (Lipinski definition) is 4. The molecule has 0 bridgehead atoms. The van der Waals surface area contributed by atoms with E-state index < -0.39 is 24.5 Å². The van der Waals surface area contributed by atoms with Crippen LogP contribution < -0.4 is 11.6 Å². The summed E-state index contributed by atoms with van der Waals surface area (Å²) >= 11 is 0. The molecule has 3 heterocycles. The van der Waals surface area contributed by atoms with E-state index in [1.807, 2.05) is 18.9 Å². The van der Waals surface area contributed by atoms with Gasteiger partial charge in [0.15, 0.2) is 23.2 Å². The summed E-state index contributed by atoms with van der Waals surface area (Å²) in [5.41, 5.74) is 6.86. The molecule has 2 aromatic heterocycles. The molecule has 2 aromatic rings. The third kappa shape index (κ3) is 4.09. The highest BCUT2D eigenvalue weighted by atomic mass is 16.6. The van der Waals surface area contributed by atoms with E-state index in [1.165, 1.54) is 6.33 Å². The lowest BCUT2D eigenvalue weighted by atomic mass is 10.1. The van der Waals surface area contributed by atoms with Crippen LogP contribution in [0.3, 0.4) is 0 Å². The monoisotopic (exact) mass is 395 g/mol. The topological polar surface area (TPSA) is 158 Å². The fraction of sp³-hybridized carbons (Fsp3) is 0.706. The number of anilines is 1. The molecule has 0 spiro atoms. The van der Waals surface area contributed by atoms with Crippen LogP contribution in [0.4, 0.5) is 5.82 Å². The van der Waals surface area contributed by atoms with Crippen LogP contribution >= 0.6 is 0 Å². The molecule has 0 amide bonds. The van der Waals surface area contributed by atoms with Crippen LogP contribution in [0, 0.1) is 0 Å². The fourth-order valence-electron chi connectivity index (χ4n) is 3.55. The van der Waals surface area contributed by atoms with Gasteiger partial charge in [-0.25, -0.2) is 20.8 Å². The van der Waals surface area contributed by atoms with Crippen molar-refractivity contribution in [1.82, 2.24) is 24.4 Å². The maximum absolute atomic E-state index is 10.7. The Labute approximate surface area is 163 Å². The van der Waals surface area contributed by atoms with Gasteiger partial charge in [-0.15, -0.1) is 0 Å². The number of aliphatic hydroxyl groups excluding tert-OH is 2. The molecule has 4 atom stereocenters. The van der Waals surface area contributed by atoms with E-state index in [9.17, 15) is 10.2 Å². The van der Waals surface area contributed by atoms with Crippen LogP contribution in [0.1, 0.15) is 31.8 Å². The zero-order valence-electron chi connectivity index (χ0n) is 16.2. The second-order valence-electron chi connectivity index (χ2n) is 7.07. The lowest BCUT2D eigenvalue weighted by Gasteiger charge is -2.22. The Hall–Kier alpha value is -1.89. The number of likely N-dealkylation sites (N-methyl/N-ethyl adjacent to an activating group) is 1. The molecule has 0 unspecified atom stereocenters. The number of nitrogens with zero attached hydrogens (tertiary/aromatic N) is 5. The number of fused-ring (bicyclic) bond motifs is 1. The van der Waals surface area contributed by atoms with Gasteiger partial charge in [0.25, 0.3) is 0 Å². The minimum atomic E-state index is -1.11. The molecule has 156 valence electrons. The van der Waals surface area contributed by atoms with E-state index >= 15 is 0 Å². The quantitative estimate of drug-likeness (QED) is 0.312. The standard InChI is InChI=1S/C17H29N7O4/c1-3-11-22-12-15(18)20-9-21-16(12)24(11)17-14(26)13(25)10(28-17)8-23(2)6-4-5-7-27-19/h9-10,13-14,17,25-26H,3-8,19H2,1-2H3,(H2,18,20,21)/t10-,13-,14-,17-/m1/s1. The molecule has 1 aliphatic rings. The number of ether oxygens (including phenoxy) is 1. The molecular weight excluding hydrogens is 366 g/mol. The highest BCUT2D eigenvalue weighted by molar-refractivity contribution is 5.81. The van der Waals surface area contributed by atoms with Crippen molar-refractivity contribution in [1.29, 1.82) is 0 Å². The Balaban J connectivity index is 1.76. The van der Waals surface area contributed by atoms with Crippen molar-refractivity contribution >= 4 is 17.0 Å². The summed E-state index contributed by atoms with van der Waals surface area (Å²) in [6.45, 7) is 3.73. The average molecular weight is 395 g/mol. The van der Waals surface area contributed by atoms with Crippen LogP contribution in [0.15, 0.2) is 6.33 Å². The third-order valence-corrected chi connectivity index (χ3v) is 5.03. The van der Waals surface area contributed by atoms with E-state index in [0.717, 1.165) is 19.4 Å². The van der Waals surface area contributed by atoms with Crippen LogP contribution in [0.5, 0.6) is 0 Å². The molecule has 6 N–H and O–H groups in total. The van der Waals surface area contributed by atoms with Gasteiger partial charge in [-0.05, 0) is 26.4 Å². The number of unbranched alkanes of at least 4 members (excludes halogenated alkanes) is 1. The molecular formula is C17H29N7O4. The van der Waals surface area contributed by atoms with Crippen molar-refractivity contribution in [2.24, 2.45) is 5.90 Å². The normalized spacial score (nSPS) is 25.2. The summed E-state index contributed by atoms with van der Waals surface area (Å²) in [6.07, 6.45) is 0.220.